The van der Waals surface area contributed by atoms with Gasteiger partial charge in [0.2, 0.25) is 0 Å². The van der Waals surface area contributed by atoms with E-state index in [0.717, 1.165) is 22.6 Å². The molecule has 3 aromatic heterocycles. The van der Waals surface area contributed by atoms with Gasteiger partial charge in [-0.3, -0.25) is 4.72 Å². The number of hydrogen-bond donors (Lipinski definition) is 2. The predicted molar refractivity (Wildman–Crippen MR) is 136 cm³/mol. The topological polar surface area (TPSA) is 128 Å². The van der Waals surface area contributed by atoms with Crippen molar-refractivity contribution in [1.82, 2.24) is 25.0 Å². The minimum Gasteiger partial charge on any atom is -0.449 e. The molecule has 3 heterocycles. The average Bonchev–Trinajstić information content (AvgIpc) is 3.45. The Balaban J connectivity index is 1.24. The molecule has 5 rings (SSSR count). The zero-order valence-corrected chi connectivity index (χ0v) is 20.6. The summed E-state index contributed by atoms with van der Waals surface area (Å²) in [4.78, 5) is 4.40. The Morgan fingerprint density at radius 1 is 0.861 bits per heavy atom. The third kappa shape index (κ3) is 4.96. The third-order valence-corrected chi connectivity index (χ3v) is 6.76. The van der Waals surface area contributed by atoms with E-state index in [1.807, 2.05) is 26.0 Å². The first-order valence-electron chi connectivity index (χ1n) is 11.1. The monoisotopic (exact) mass is 501 g/mol. The van der Waals surface area contributed by atoms with Gasteiger partial charge in [0.25, 0.3) is 10.0 Å². The van der Waals surface area contributed by atoms with Crippen molar-refractivity contribution in [3.05, 3.63) is 90.3 Å². The molecule has 0 amide bonds. The second-order valence-corrected chi connectivity index (χ2v) is 9.88. The van der Waals surface area contributed by atoms with E-state index in [-0.39, 0.29) is 4.90 Å². The summed E-state index contributed by atoms with van der Waals surface area (Å²) in [5.41, 5.74) is 4.47. The number of nitrogens with zero attached hydrogens (tertiary/aromatic N) is 5. The van der Waals surface area contributed by atoms with Crippen molar-refractivity contribution in [2.24, 2.45) is 0 Å². The molecule has 0 unspecified atom stereocenters. The molecule has 0 aliphatic rings. The maximum atomic E-state index is 12.8. The third-order valence-electron chi connectivity index (χ3n) is 5.37. The average molecular weight is 502 g/mol. The fourth-order valence-corrected chi connectivity index (χ4v) is 4.71. The zero-order chi connectivity index (χ0) is 25.3. The minimum absolute atomic E-state index is 0.145. The number of nitrogens with one attached hydrogen (secondary N) is 2. The van der Waals surface area contributed by atoms with Crippen molar-refractivity contribution >= 4 is 27.2 Å². The van der Waals surface area contributed by atoms with Crippen LogP contribution in [0.15, 0.2) is 82.3 Å². The lowest BCUT2D eigenvalue weighted by atomic mass is 10.2. The smallest absolute Gasteiger partial charge is 0.261 e. The van der Waals surface area contributed by atoms with E-state index in [2.05, 4.69) is 30.3 Å². The molecular formula is C25H23N7O3S. The molecule has 11 heteroatoms. The van der Waals surface area contributed by atoms with Gasteiger partial charge in [-0.05, 0) is 68.4 Å². The number of aromatic nitrogens is 5. The second kappa shape index (κ2) is 9.27. The Kier molecular flexibility index (Phi) is 5.98. The van der Waals surface area contributed by atoms with Gasteiger partial charge in [-0.15, -0.1) is 10.2 Å². The number of anilines is 3. The number of benzene rings is 2. The van der Waals surface area contributed by atoms with Crippen molar-refractivity contribution in [1.29, 1.82) is 0 Å². The number of sulfonamides is 1. The van der Waals surface area contributed by atoms with E-state index in [1.54, 1.807) is 54.1 Å². The van der Waals surface area contributed by atoms with Crippen molar-refractivity contribution in [3.63, 3.8) is 0 Å². The largest absolute Gasteiger partial charge is 0.449 e. The molecule has 5 aromatic rings. The van der Waals surface area contributed by atoms with E-state index < -0.39 is 10.0 Å². The lowest BCUT2D eigenvalue weighted by Crippen LogP contribution is -2.12. The minimum atomic E-state index is -3.76. The normalized spacial score (nSPS) is 11.4. The van der Waals surface area contributed by atoms with Gasteiger partial charge in [0.1, 0.15) is 12.0 Å². The lowest BCUT2D eigenvalue weighted by molar-refractivity contribution is 0.521. The summed E-state index contributed by atoms with van der Waals surface area (Å²) in [5.74, 6) is 1.72. The molecule has 182 valence electrons. The number of hydrogen-bond acceptors (Lipinski definition) is 8. The van der Waals surface area contributed by atoms with Crippen LogP contribution in [-0.2, 0) is 10.0 Å². The van der Waals surface area contributed by atoms with Crippen LogP contribution in [0.4, 0.5) is 17.2 Å². The molecule has 0 aliphatic carbocycles. The van der Waals surface area contributed by atoms with Crippen LogP contribution in [0.1, 0.15) is 17.3 Å². The first-order valence-corrected chi connectivity index (χ1v) is 12.5. The van der Waals surface area contributed by atoms with E-state index >= 15 is 0 Å². The van der Waals surface area contributed by atoms with E-state index in [0.29, 0.717) is 28.9 Å². The summed E-state index contributed by atoms with van der Waals surface area (Å²) in [5, 5.41) is 16.0. The van der Waals surface area contributed by atoms with Gasteiger partial charge in [-0.2, -0.15) is 5.10 Å². The second-order valence-electron chi connectivity index (χ2n) is 8.20. The summed E-state index contributed by atoms with van der Waals surface area (Å²) in [6.45, 7) is 5.63. The van der Waals surface area contributed by atoms with Gasteiger partial charge in [-0.1, -0.05) is 12.1 Å². The summed E-state index contributed by atoms with van der Waals surface area (Å²) in [6, 6.07) is 18.9. The van der Waals surface area contributed by atoms with Gasteiger partial charge < -0.3 is 9.73 Å². The van der Waals surface area contributed by atoms with Crippen LogP contribution in [-0.4, -0.2) is 33.4 Å². The van der Waals surface area contributed by atoms with Crippen molar-refractivity contribution in [3.8, 4) is 17.1 Å². The van der Waals surface area contributed by atoms with Crippen LogP contribution in [0.2, 0.25) is 0 Å². The molecule has 0 atom stereocenters. The van der Waals surface area contributed by atoms with Crippen molar-refractivity contribution in [2.45, 2.75) is 25.7 Å². The van der Waals surface area contributed by atoms with Crippen LogP contribution < -0.4 is 10.0 Å². The Labute approximate surface area is 208 Å². The van der Waals surface area contributed by atoms with Gasteiger partial charge >= 0.3 is 0 Å². The van der Waals surface area contributed by atoms with Crippen molar-refractivity contribution in [2.75, 3.05) is 10.0 Å². The molecule has 0 spiro atoms. The van der Waals surface area contributed by atoms with Crippen LogP contribution in [0, 0.1) is 20.8 Å². The molecule has 2 aromatic carbocycles. The van der Waals surface area contributed by atoms with E-state index in [9.17, 15) is 8.42 Å². The molecule has 0 aliphatic heterocycles. The number of oxazole rings is 1. The highest BCUT2D eigenvalue weighted by atomic mass is 32.2. The molecule has 10 nitrogen and oxygen atoms in total. The SMILES string of the molecule is Cc1cc(C)n(-c2ccc(Nc3ccc(NS(=O)(=O)c4ccc(-c5coc(C)n5)cc4)cc3)nn2)n1. The van der Waals surface area contributed by atoms with Gasteiger partial charge in [0, 0.05) is 29.6 Å². The molecule has 0 fully saturated rings. The van der Waals surface area contributed by atoms with Gasteiger partial charge in [-0.25, -0.2) is 18.1 Å². The number of aryl methyl sites for hydroxylation is 3. The highest BCUT2D eigenvalue weighted by molar-refractivity contribution is 7.92. The summed E-state index contributed by atoms with van der Waals surface area (Å²) in [7, 11) is -3.76. The highest BCUT2D eigenvalue weighted by Gasteiger charge is 2.15. The molecular weight excluding hydrogens is 478 g/mol. The standard InChI is InChI=1S/C25H23N7O3S/c1-16-14-17(2)32(30-16)25-13-12-24(28-29-25)27-20-6-8-21(9-7-20)31-36(33,34)22-10-4-19(5-11-22)23-15-35-18(3)26-23/h4-15,31H,1-3H3,(H,27,28). The quantitative estimate of drug-likeness (QED) is 0.326. The van der Waals surface area contributed by atoms with Crippen LogP contribution in [0.3, 0.4) is 0 Å². The van der Waals surface area contributed by atoms with E-state index in [4.69, 9.17) is 4.42 Å². The maximum absolute atomic E-state index is 12.8. The predicted octanol–water partition coefficient (Wildman–Crippen LogP) is 4.79. The molecule has 2 N–H and O–H groups in total. The van der Waals surface area contributed by atoms with Crippen LogP contribution in [0.5, 0.6) is 0 Å². The molecule has 0 radical (unpaired) electrons. The maximum Gasteiger partial charge on any atom is 0.261 e. The van der Waals surface area contributed by atoms with Crippen LogP contribution in [0.25, 0.3) is 17.1 Å². The Morgan fingerprint density at radius 2 is 1.58 bits per heavy atom. The van der Waals surface area contributed by atoms with Gasteiger partial charge in [0.05, 0.1) is 10.6 Å². The summed E-state index contributed by atoms with van der Waals surface area (Å²) >= 11 is 0. The molecule has 0 bridgehead atoms. The summed E-state index contributed by atoms with van der Waals surface area (Å²) < 4.78 is 35.2. The molecule has 36 heavy (non-hydrogen) atoms. The van der Waals surface area contributed by atoms with E-state index in [1.165, 1.54) is 18.4 Å². The first-order chi connectivity index (χ1) is 17.3. The highest BCUT2D eigenvalue weighted by Crippen LogP contribution is 2.24. The number of rotatable bonds is 7. The van der Waals surface area contributed by atoms with Gasteiger partial charge in [0.15, 0.2) is 17.5 Å². The Bertz CT molecular complexity index is 1610. The van der Waals surface area contributed by atoms with Crippen LogP contribution >= 0.6 is 0 Å². The molecule has 0 saturated carbocycles. The lowest BCUT2D eigenvalue weighted by Gasteiger charge is -2.10. The fraction of sp³-hybridized carbons (Fsp3) is 0.120. The first kappa shape index (κ1) is 23.2. The summed E-state index contributed by atoms with van der Waals surface area (Å²) in [6.07, 6.45) is 1.54. The zero-order valence-electron chi connectivity index (χ0n) is 19.8. The Morgan fingerprint density at radius 3 is 2.17 bits per heavy atom. The van der Waals surface area contributed by atoms with Crippen molar-refractivity contribution < 1.29 is 12.8 Å². The molecule has 0 saturated heterocycles. The fourth-order valence-electron chi connectivity index (χ4n) is 3.65. The Hall–Kier alpha value is -4.51.